The van der Waals surface area contributed by atoms with Crippen LogP contribution in [0.5, 0.6) is 0 Å². The van der Waals surface area contributed by atoms with E-state index < -0.39 is 5.60 Å². The molecule has 2 unspecified atom stereocenters. The van der Waals surface area contributed by atoms with Crippen molar-refractivity contribution in [2.75, 3.05) is 38.1 Å². The fourth-order valence-corrected chi connectivity index (χ4v) is 3.54. The second kappa shape index (κ2) is 6.86. The first-order chi connectivity index (χ1) is 12.5. The van der Waals surface area contributed by atoms with Gasteiger partial charge in [0.1, 0.15) is 5.60 Å². The summed E-state index contributed by atoms with van der Waals surface area (Å²) >= 11 is 0. The Hall–Kier alpha value is -2.58. The molecular formula is C18H27N5O4. The van der Waals surface area contributed by atoms with Crippen LogP contribution >= 0.6 is 0 Å². The van der Waals surface area contributed by atoms with E-state index in [1.165, 1.54) is 22.7 Å². The van der Waals surface area contributed by atoms with E-state index in [0.717, 1.165) is 0 Å². The Labute approximate surface area is 158 Å². The molecule has 0 radical (unpaired) electrons. The first-order valence-electron chi connectivity index (χ1n) is 9.11. The van der Waals surface area contributed by atoms with Crippen LogP contribution in [0.1, 0.15) is 27.7 Å². The van der Waals surface area contributed by atoms with E-state index in [-0.39, 0.29) is 29.9 Å². The summed E-state index contributed by atoms with van der Waals surface area (Å²) < 4.78 is 6.70. The van der Waals surface area contributed by atoms with E-state index in [1.54, 1.807) is 23.0 Å². The molecule has 0 aliphatic carbocycles. The van der Waals surface area contributed by atoms with Crippen LogP contribution < -0.4 is 4.90 Å². The highest BCUT2D eigenvalue weighted by atomic mass is 16.6. The maximum atomic E-state index is 12.7. The van der Waals surface area contributed by atoms with Crippen LogP contribution in [0.2, 0.25) is 0 Å². The van der Waals surface area contributed by atoms with Crippen LogP contribution in [0.15, 0.2) is 12.4 Å². The lowest BCUT2D eigenvalue weighted by Gasteiger charge is -2.26. The number of ether oxygens (including phenoxy) is 1. The van der Waals surface area contributed by atoms with Gasteiger partial charge in [0.25, 0.3) is 0 Å². The van der Waals surface area contributed by atoms with Crippen LogP contribution in [0, 0.1) is 11.8 Å². The number of amides is 3. The topological polar surface area (TPSA) is 88.0 Å². The van der Waals surface area contributed by atoms with E-state index >= 15 is 0 Å². The molecule has 9 nitrogen and oxygen atoms in total. The SMILES string of the molecule is CC(=O)N(C)c1cnn(C(=O)N2CC3CN(C(=O)OC(C)(C)C)CC3C2)c1. The third kappa shape index (κ3) is 4.06. The number of carbonyl (C=O) groups is 3. The van der Waals surface area contributed by atoms with Gasteiger partial charge in [0.2, 0.25) is 5.91 Å². The van der Waals surface area contributed by atoms with Crippen molar-refractivity contribution in [3.63, 3.8) is 0 Å². The van der Waals surface area contributed by atoms with Crippen LogP contribution in [-0.2, 0) is 9.53 Å². The van der Waals surface area contributed by atoms with Crippen molar-refractivity contribution >= 4 is 23.7 Å². The van der Waals surface area contributed by atoms with Crippen molar-refractivity contribution in [1.29, 1.82) is 0 Å². The first-order valence-corrected chi connectivity index (χ1v) is 9.11. The molecule has 3 heterocycles. The molecule has 2 aliphatic rings. The lowest BCUT2D eigenvalue weighted by Crippen LogP contribution is -2.39. The zero-order chi connectivity index (χ0) is 19.9. The van der Waals surface area contributed by atoms with Crippen LogP contribution in [-0.4, -0.2) is 76.4 Å². The lowest BCUT2D eigenvalue weighted by atomic mass is 10.0. The maximum Gasteiger partial charge on any atom is 0.410 e. The molecule has 0 N–H and O–H groups in total. The number of fused-ring (bicyclic) bond motifs is 1. The molecule has 3 rings (SSSR count). The molecule has 9 heteroatoms. The highest BCUT2D eigenvalue weighted by Crippen LogP contribution is 2.32. The second-order valence-electron chi connectivity index (χ2n) is 8.31. The highest BCUT2D eigenvalue weighted by molar-refractivity contribution is 5.91. The Balaban J connectivity index is 1.58. The number of likely N-dealkylation sites (tertiary alicyclic amines) is 2. The van der Waals surface area contributed by atoms with Crippen molar-refractivity contribution in [3.8, 4) is 0 Å². The Morgan fingerprint density at radius 1 is 1.11 bits per heavy atom. The van der Waals surface area contributed by atoms with E-state index in [4.69, 9.17) is 4.74 Å². The summed E-state index contributed by atoms with van der Waals surface area (Å²) in [5, 5.41) is 4.09. The van der Waals surface area contributed by atoms with Crippen molar-refractivity contribution in [3.05, 3.63) is 12.4 Å². The quantitative estimate of drug-likeness (QED) is 0.742. The lowest BCUT2D eigenvalue weighted by molar-refractivity contribution is -0.116. The molecule has 0 aromatic carbocycles. The van der Waals surface area contributed by atoms with Gasteiger partial charge < -0.3 is 19.4 Å². The predicted molar refractivity (Wildman–Crippen MR) is 98.5 cm³/mol. The summed E-state index contributed by atoms with van der Waals surface area (Å²) in [5.41, 5.74) is 0.0630. The van der Waals surface area contributed by atoms with Gasteiger partial charge in [-0.05, 0) is 20.8 Å². The van der Waals surface area contributed by atoms with Crippen molar-refractivity contribution < 1.29 is 19.1 Å². The van der Waals surface area contributed by atoms with E-state index in [9.17, 15) is 14.4 Å². The Morgan fingerprint density at radius 2 is 1.67 bits per heavy atom. The minimum atomic E-state index is -0.512. The molecule has 2 aliphatic heterocycles. The van der Waals surface area contributed by atoms with Gasteiger partial charge in [-0.2, -0.15) is 9.78 Å². The van der Waals surface area contributed by atoms with Gasteiger partial charge in [-0.15, -0.1) is 0 Å². The summed E-state index contributed by atoms with van der Waals surface area (Å²) in [6, 6.07) is -0.212. The minimum Gasteiger partial charge on any atom is -0.444 e. The van der Waals surface area contributed by atoms with E-state index in [1.807, 2.05) is 20.8 Å². The molecule has 148 valence electrons. The van der Waals surface area contributed by atoms with Crippen LogP contribution in [0.3, 0.4) is 0 Å². The van der Waals surface area contributed by atoms with Gasteiger partial charge in [-0.1, -0.05) is 0 Å². The highest BCUT2D eigenvalue weighted by Gasteiger charge is 2.44. The third-order valence-corrected chi connectivity index (χ3v) is 5.03. The molecule has 2 fully saturated rings. The average molecular weight is 377 g/mol. The molecule has 27 heavy (non-hydrogen) atoms. The molecule has 2 atom stereocenters. The summed E-state index contributed by atoms with van der Waals surface area (Å²) in [4.78, 5) is 41.3. The van der Waals surface area contributed by atoms with E-state index in [2.05, 4.69) is 5.10 Å². The summed E-state index contributed by atoms with van der Waals surface area (Å²) in [6.07, 6.45) is 2.77. The zero-order valence-corrected chi connectivity index (χ0v) is 16.5. The predicted octanol–water partition coefficient (Wildman–Crippen LogP) is 1.63. The van der Waals surface area contributed by atoms with Crippen molar-refractivity contribution in [2.24, 2.45) is 11.8 Å². The molecule has 0 saturated carbocycles. The summed E-state index contributed by atoms with van der Waals surface area (Å²) in [6.45, 7) is 9.37. The van der Waals surface area contributed by atoms with Gasteiger partial charge in [-0.3, -0.25) is 4.79 Å². The average Bonchev–Trinajstić information content (AvgIpc) is 3.25. The Morgan fingerprint density at radius 3 is 2.19 bits per heavy atom. The maximum absolute atomic E-state index is 12.7. The summed E-state index contributed by atoms with van der Waals surface area (Å²) in [7, 11) is 1.64. The van der Waals surface area contributed by atoms with Crippen molar-refractivity contribution in [2.45, 2.75) is 33.3 Å². The number of carbonyl (C=O) groups excluding carboxylic acids is 3. The molecule has 3 amide bonds. The van der Waals surface area contributed by atoms with Crippen LogP contribution in [0.4, 0.5) is 15.3 Å². The fourth-order valence-electron chi connectivity index (χ4n) is 3.54. The Bertz CT molecular complexity index is 739. The minimum absolute atomic E-state index is 0.125. The zero-order valence-electron chi connectivity index (χ0n) is 16.5. The second-order valence-corrected chi connectivity index (χ2v) is 8.31. The summed E-state index contributed by atoms with van der Waals surface area (Å²) in [5.74, 6) is 0.368. The molecule has 0 spiro atoms. The number of aromatic nitrogens is 2. The van der Waals surface area contributed by atoms with Crippen LogP contribution in [0.25, 0.3) is 0 Å². The standard InChI is InChI=1S/C18H27N5O4/c1-12(24)20(5)15-6-19-23(11-15)16(25)21-7-13-9-22(10-14(13)8-21)17(26)27-18(2,3)4/h6,11,13-14H,7-10H2,1-5H3. The number of hydrogen-bond acceptors (Lipinski definition) is 5. The Kier molecular flexibility index (Phi) is 4.88. The molecule has 1 aromatic heterocycles. The molecule has 0 bridgehead atoms. The first kappa shape index (κ1) is 19.2. The van der Waals surface area contributed by atoms with Gasteiger partial charge in [0, 0.05) is 52.0 Å². The van der Waals surface area contributed by atoms with Gasteiger partial charge in [0.05, 0.1) is 18.1 Å². The smallest absolute Gasteiger partial charge is 0.410 e. The molecule has 2 saturated heterocycles. The van der Waals surface area contributed by atoms with Gasteiger partial charge in [-0.25, -0.2) is 9.59 Å². The number of anilines is 1. The van der Waals surface area contributed by atoms with E-state index in [0.29, 0.717) is 31.9 Å². The fraction of sp³-hybridized carbons (Fsp3) is 0.667. The van der Waals surface area contributed by atoms with Gasteiger partial charge >= 0.3 is 12.1 Å². The number of nitrogens with zero attached hydrogens (tertiary/aromatic N) is 5. The number of hydrogen-bond donors (Lipinski definition) is 0. The molecular weight excluding hydrogens is 350 g/mol. The van der Waals surface area contributed by atoms with Gasteiger partial charge in [0.15, 0.2) is 0 Å². The molecule has 1 aromatic rings. The van der Waals surface area contributed by atoms with Crippen molar-refractivity contribution in [1.82, 2.24) is 19.6 Å². The monoisotopic (exact) mass is 377 g/mol. The largest absolute Gasteiger partial charge is 0.444 e. The normalized spacial score (nSPS) is 22.0. The number of rotatable bonds is 1. The third-order valence-electron chi connectivity index (χ3n) is 5.03.